The van der Waals surface area contributed by atoms with E-state index in [9.17, 15) is 5.11 Å². The molecule has 3 aromatic rings. The lowest BCUT2D eigenvalue weighted by Gasteiger charge is -2.08. The highest BCUT2D eigenvalue weighted by atomic mass is 31.2. The van der Waals surface area contributed by atoms with Crippen molar-refractivity contribution in [2.75, 3.05) is 0 Å². The van der Waals surface area contributed by atoms with Crippen LogP contribution in [0.4, 0.5) is 0 Å². The first kappa shape index (κ1) is 13.1. The molecule has 4 nitrogen and oxygen atoms in total. The SMILES string of the molecule is Oc1cccc2c1ccn2Cc1ccc(P(O)O)cc1. The van der Waals surface area contributed by atoms with Gasteiger partial charge in [0.15, 0.2) is 8.38 Å². The van der Waals surface area contributed by atoms with Gasteiger partial charge in [-0.15, -0.1) is 0 Å². The van der Waals surface area contributed by atoms with Crippen molar-refractivity contribution in [3.05, 3.63) is 60.3 Å². The molecule has 0 aliphatic carbocycles. The second-order valence-electron chi connectivity index (χ2n) is 4.61. The van der Waals surface area contributed by atoms with Gasteiger partial charge < -0.3 is 19.5 Å². The number of hydrogen-bond acceptors (Lipinski definition) is 3. The van der Waals surface area contributed by atoms with Crippen molar-refractivity contribution in [1.82, 2.24) is 4.57 Å². The smallest absolute Gasteiger partial charge is 0.199 e. The summed E-state index contributed by atoms with van der Waals surface area (Å²) < 4.78 is 2.05. The Balaban J connectivity index is 1.91. The van der Waals surface area contributed by atoms with E-state index < -0.39 is 8.38 Å². The number of rotatable bonds is 3. The number of phenolic OH excluding ortho intramolecular Hbond substituents is 1. The third kappa shape index (κ3) is 2.41. The van der Waals surface area contributed by atoms with Crippen molar-refractivity contribution in [3.8, 4) is 5.75 Å². The monoisotopic (exact) mass is 287 g/mol. The predicted molar refractivity (Wildman–Crippen MR) is 80.1 cm³/mol. The van der Waals surface area contributed by atoms with E-state index in [0.29, 0.717) is 11.8 Å². The van der Waals surface area contributed by atoms with E-state index in [1.54, 1.807) is 18.2 Å². The minimum Gasteiger partial charge on any atom is -0.507 e. The third-order valence-corrected chi connectivity index (χ3v) is 4.07. The standard InChI is InChI=1S/C15H14NO3P/c17-15-3-1-2-14-13(15)8-9-16(14)10-11-4-6-12(7-5-11)20(18)19/h1-9,17-19H,10H2. The zero-order chi connectivity index (χ0) is 14.1. The predicted octanol–water partition coefficient (Wildman–Crippen LogP) is 2.32. The maximum absolute atomic E-state index is 9.78. The lowest BCUT2D eigenvalue weighted by molar-refractivity contribution is 0.481. The van der Waals surface area contributed by atoms with Crippen molar-refractivity contribution in [2.24, 2.45) is 0 Å². The van der Waals surface area contributed by atoms with E-state index in [1.165, 1.54) is 0 Å². The Morgan fingerprint density at radius 1 is 0.950 bits per heavy atom. The lowest BCUT2D eigenvalue weighted by atomic mass is 10.2. The van der Waals surface area contributed by atoms with Crippen LogP contribution in [0.2, 0.25) is 0 Å². The molecule has 3 N–H and O–H groups in total. The summed E-state index contributed by atoms with van der Waals surface area (Å²) in [6.07, 6.45) is 1.93. The van der Waals surface area contributed by atoms with Gasteiger partial charge in [-0.3, -0.25) is 0 Å². The fourth-order valence-electron chi connectivity index (χ4n) is 2.28. The van der Waals surface area contributed by atoms with E-state index in [1.807, 2.05) is 41.1 Å². The van der Waals surface area contributed by atoms with Crippen LogP contribution < -0.4 is 5.30 Å². The normalized spacial score (nSPS) is 11.3. The van der Waals surface area contributed by atoms with Crippen LogP contribution in [0.1, 0.15) is 5.56 Å². The van der Waals surface area contributed by atoms with Gasteiger partial charge >= 0.3 is 0 Å². The zero-order valence-electron chi connectivity index (χ0n) is 10.6. The second kappa shape index (κ2) is 5.25. The minimum absolute atomic E-state index is 0.280. The van der Waals surface area contributed by atoms with Gasteiger partial charge in [-0.1, -0.05) is 18.2 Å². The first-order chi connectivity index (χ1) is 9.65. The second-order valence-corrected chi connectivity index (χ2v) is 5.70. The first-order valence-corrected chi connectivity index (χ1v) is 7.43. The Labute approximate surface area is 117 Å². The molecule has 1 heterocycles. The molecule has 0 aliphatic rings. The van der Waals surface area contributed by atoms with E-state index >= 15 is 0 Å². The van der Waals surface area contributed by atoms with Gasteiger partial charge in [0.25, 0.3) is 0 Å². The molecule has 0 fully saturated rings. The van der Waals surface area contributed by atoms with Crippen molar-refractivity contribution in [3.63, 3.8) is 0 Å². The summed E-state index contributed by atoms with van der Waals surface area (Å²) in [5.41, 5.74) is 2.03. The first-order valence-electron chi connectivity index (χ1n) is 6.19. The molecular formula is C15H14NO3P. The Morgan fingerprint density at radius 2 is 1.70 bits per heavy atom. The molecule has 0 saturated carbocycles. The average Bonchev–Trinajstić information content (AvgIpc) is 2.84. The lowest BCUT2D eigenvalue weighted by Crippen LogP contribution is -2.02. The molecule has 102 valence electrons. The summed E-state index contributed by atoms with van der Waals surface area (Å²) >= 11 is 0. The zero-order valence-corrected chi connectivity index (χ0v) is 11.5. The molecule has 20 heavy (non-hydrogen) atoms. The molecule has 5 heteroatoms. The van der Waals surface area contributed by atoms with Crippen molar-refractivity contribution >= 4 is 24.6 Å². The average molecular weight is 287 g/mol. The molecule has 0 atom stereocenters. The van der Waals surface area contributed by atoms with Crippen LogP contribution in [0.5, 0.6) is 5.75 Å². The summed E-state index contributed by atoms with van der Waals surface area (Å²) in [6, 6.07) is 14.6. The van der Waals surface area contributed by atoms with Crippen LogP contribution in [0.15, 0.2) is 54.7 Å². The summed E-state index contributed by atoms with van der Waals surface area (Å²) in [5.74, 6) is 0.280. The van der Waals surface area contributed by atoms with Gasteiger partial charge in [0.05, 0.1) is 5.52 Å². The minimum atomic E-state index is -2.03. The van der Waals surface area contributed by atoms with Gasteiger partial charge in [0.2, 0.25) is 0 Å². The Hall–Kier alpha value is -1.87. The van der Waals surface area contributed by atoms with Crippen molar-refractivity contribution in [1.29, 1.82) is 0 Å². The highest BCUT2D eigenvalue weighted by Crippen LogP contribution is 2.26. The van der Waals surface area contributed by atoms with Gasteiger partial charge in [-0.05, 0) is 35.9 Å². The maximum atomic E-state index is 9.78. The number of phenols is 1. The van der Waals surface area contributed by atoms with Crippen LogP contribution >= 0.6 is 8.38 Å². The van der Waals surface area contributed by atoms with Gasteiger partial charge in [0.1, 0.15) is 5.75 Å². The van der Waals surface area contributed by atoms with E-state index in [2.05, 4.69) is 0 Å². The number of aromatic nitrogens is 1. The molecular weight excluding hydrogens is 273 g/mol. The third-order valence-electron chi connectivity index (χ3n) is 3.31. The molecule has 0 unspecified atom stereocenters. The number of aromatic hydroxyl groups is 1. The Morgan fingerprint density at radius 3 is 2.40 bits per heavy atom. The van der Waals surface area contributed by atoms with Crippen LogP contribution in [0.25, 0.3) is 10.9 Å². The molecule has 3 rings (SSSR count). The van der Waals surface area contributed by atoms with Crippen LogP contribution in [-0.4, -0.2) is 19.5 Å². The topological polar surface area (TPSA) is 65.6 Å². The summed E-state index contributed by atoms with van der Waals surface area (Å²) in [4.78, 5) is 18.3. The molecule has 0 saturated heterocycles. The van der Waals surface area contributed by atoms with E-state index in [0.717, 1.165) is 16.5 Å². The Bertz CT molecular complexity index is 734. The molecule has 1 aromatic heterocycles. The van der Waals surface area contributed by atoms with Crippen LogP contribution in [0.3, 0.4) is 0 Å². The fourth-order valence-corrected chi connectivity index (χ4v) is 2.69. The van der Waals surface area contributed by atoms with Crippen molar-refractivity contribution < 1.29 is 14.9 Å². The Kier molecular flexibility index (Phi) is 3.45. The summed E-state index contributed by atoms with van der Waals surface area (Å²) in [5, 5.41) is 11.2. The van der Waals surface area contributed by atoms with Crippen LogP contribution in [0, 0.1) is 0 Å². The van der Waals surface area contributed by atoms with E-state index in [-0.39, 0.29) is 5.75 Å². The summed E-state index contributed by atoms with van der Waals surface area (Å²) in [6.45, 7) is 0.669. The number of benzene rings is 2. The molecule has 0 amide bonds. The quantitative estimate of drug-likeness (QED) is 0.648. The van der Waals surface area contributed by atoms with Gasteiger partial charge in [-0.2, -0.15) is 0 Å². The molecule has 0 radical (unpaired) electrons. The number of nitrogens with zero attached hydrogens (tertiary/aromatic N) is 1. The largest absolute Gasteiger partial charge is 0.507 e. The van der Waals surface area contributed by atoms with Crippen molar-refractivity contribution in [2.45, 2.75) is 6.54 Å². The van der Waals surface area contributed by atoms with Gasteiger partial charge in [0, 0.05) is 23.4 Å². The van der Waals surface area contributed by atoms with Gasteiger partial charge in [-0.25, -0.2) is 0 Å². The molecule has 2 aromatic carbocycles. The molecule has 0 bridgehead atoms. The molecule has 0 aliphatic heterocycles. The number of fused-ring (bicyclic) bond motifs is 1. The highest BCUT2D eigenvalue weighted by Gasteiger charge is 2.06. The fraction of sp³-hybridized carbons (Fsp3) is 0.0667. The van der Waals surface area contributed by atoms with E-state index in [4.69, 9.17) is 9.79 Å². The number of hydrogen-bond donors (Lipinski definition) is 3. The molecule has 0 spiro atoms. The highest BCUT2D eigenvalue weighted by molar-refractivity contribution is 7.54. The maximum Gasteiger partial charge on any atom is 0.199 e. The van der Waals surface area contributed by atoms with Crippen LogP contribution in [-0.2, 0) is 6.54 Å². The summed E-state index contributed by atoms with van der Waals surface area (Å²) in [7, 11) is -2.03.